The maximum Gasteiger partial charge on any atom is 0.254 e. The second kappa shape index (κ2) is 10.0. The molecule has 0 atom stereocenters. The number of nitrogens with one attached hydrogen (secondary N) is 2. The number of carbonyl (C=O) groups excluding carboxylic acids is 2. The van der Waals surface area contributed by atoms with Crippen molar-refractivity contribution in [2.45, 2.75) is 44.7 Å². The fourth-order valence-electron chi connectivity index (χ4n) is 4.35. The molecule has 1 saturated carbocycles. The van der Waals surface area contributed by atoms with E-state index in [1.165, 1.54) is 6.20 Å². The van der Waals surface area contributed by atoms with Crippen molar-refractivity contribution in [3.8, 4) is 0 Å². The van der Waals surface area contributed by atoms with Crippen molar-refractivity contribution in [2.24, 2.45) is 11.5 Å². The number of aromatic nitrogens is 2. The molecule has 10 nitrogen and oxygen atoms in total. The van der Waals surface area contributed by atoms with Gasteiger partial charge in [0.2, 0.25) is 11.9 Å². The number of hydrogen-bond acceptors (Lipinski definition) is 8. The zero-order valence-corrected chi connectivity index (χ0v) is 19.0. The zero-order valence-electron chi connectivity index (χ0n) is 19.0. The summed E-state index contributed by atoms with van der Waals surface area (Å²) in [5, 5.41) is 6.56. The number of anilines is 4. The topological polar surface area (TPSA) is 142 Å². The molecular formula is C23H32N8O2. The molecule has 2 aromatic rings. The Labute approximate surface area is 193 Å². The number of primary amides is 1. The van der Waals surface area contributed by atoms with Gasteiger partial charge in [-0.15, -0.1) is 0 Å². The van der Waals surface area contributed by atoms with Gasteiger partial charge in [0.05, 0.1) is 5.56 Å². The summed E-state index contributed by atoms with van der Waals surface area (Å²) in [5.41, 5.74) is 13.7. The summed E-state index contributed by atoms with van der Waals surface area (Å²) in [4.78, 5) is 36.3. The van der Waals surface area contributed by atoms with E-state index in [-0.39, 0.29) is 23.6 Å². The Hall–Kier alpha value is -3.40. The normalized spacial score (nSPS) is 20.9. The first-order valence-corrected chi connectivity index (χ1v) is 11.5. The van der Waals surface area contributed by atoms with Crippen LogP contribution in [0.15, 0.2) is 30.5 Å². The summed E-state index contributed by atoms with van der Waals surface area (Å²) in [6.45, 7) is 4.70. The number of benzene rings is 1. The van der Waals surface area contributed by atoms with E-state index in [2.05, 4.69) is 25.5 Å². The molecular weight excluding hydrogens is 420 g/mol. The summed E-state index contributed by atoms with van der Waals surface area (Å²) < 4.78 is 0. The molecule has 0 bridgehead atoms. The van der Waals surface area contributed by atoms with Crippen LogP contribution in [0.25, 0.3) is 0 Å². The summed E-state index contributed by atoms with van der Waals surface area (Å²) in [6, 6.07) is 8.44. The molecule has 0 spiro atoms. The number of hydrogen-bond donors (Lipinski definition) is 4. The molecule has 0 unspecified atom stereocenters. The largest absolute Gasteiger partial charge is 0.368 e. The Balaban J connectivity index is 1.42. The molecule has 6 N–H and O–H groups in total. The predicted molar refractivity (Wildman–Crippen MR) is 129 cm³/mol. The molecule has 2 fully saturated rings. The molecule has 0 radical (unpaired) electrons. The van der Waals surface area contributed by atoms with Crippen molar-refractivity contribution in [1.29, 1.82) is 0 Å². The van der Waals surface area contributed by atoms with Gasteiger partial charge in [-0.1, -0.05) is 0 Å². The van der Waals surface area contributed by atoms with Gasteiger partial charge in [0.25, 0.3) is 5.91 Å². The Kier molecular flexibility index (Phi) is 6.93. The van der Waals surface area contributed by atoms with Crippen LogP contribution in [0.1, 0.15) is 43.0 Å². The zero-order chi connectivity index (χ0) is 23.4. The van der Waals surface area contributed by atoms with E-state index in [1.807, 2.05) is 29.2 Å². The maximum absolute atomic E-state index is 11.9. The second-order valence-corrected chi connectivity index (χ2v) is 8.74. The third-order valence-electron chi connectivity index (χ3n) is 6.38. The summed E-state index contributed by atoms with van der Waals surface area (Å²) in [5.74, 6) is 0.390. The van der Waals surface area contributed by atoms with Gasteiger partial charge in [-0.3, -0.25) is 9.59 Å². The predicted octanol–water partition coefficient (Wildman–Crippen LogP) is 1.67. The van der Waals surface area contributed by atoms with Crippen LogP contribution in [0, 0.1) is 0 Å². The minimum absolute atomic E-state index is 0.123. The van der Waals surface area contributed by atoms with Crippen LogP contribution in [0.3, 0.4) is 0 Å². The summed E-state index contributed by atoms with van der Waals surface area (Å²) in [7, 11) is 0. The number of rotatable bonds is 6. The van der Waals surface area contributed by atoms with Gasteiger partial charge in [-0.05, 0) is 49.9 Å². The Morgan fingerprint density at radius 1 is 1.03 bits per heavy atom. The van der Waals surface area contributed by atoms with Crippen molar-refractivity contribution < 1.29 is 9.59 Å². The SMILES string of the molecule is CC(=O)N1CCN(c2ccc(Nc3ncc(C(N)=O)c(N[C@H]4CC[C@@H](N)CC4)n3)cc2)CC1. The molecule has 1 aromatic heterocycles. The molecule has 4 rings (SSSR count). The lowest BCUT2D eigenvalue weighted by molar-refractivity contribution is -0.129. The van der Waals surface area contributed by atoms with Crippen LogP contribution in [-0.2, 0) is 4.79 Å². The third kappa shape index (κ3) is 5.70. The van der Waals surface area contributed by atoms with Gasteiger partial charge < -0.3 is 31.9 Å². The van der Waals surface area contributed by atoms with Crippen LogP contribution in [0.4, 0.5) is 23.1 Å². The molecule has 2 heterocycles. The van der Waals surface area contributed by atoms with Crippen LogP contribution in [-0.4, -0.2) is 64.9 Å². The number of piperazine rings is 1. The smallest absolute Gasteiger partial charge is 0.254 e. The number of nitrogens with zero attached hydrogens (tertiary/aromatic N) is 4. The van der Waals surface area contributed by atoms with Crippen LogP contribution < -0.4 is 27.0 Å². The lowest BCUT2D eigenvalue weighted by Gasteiger charge is -2.35. The highest BCUT2D eigenvalue weighted by atomic mass is 16.2. The standard InChI is InChI=1S/C23H32N8O2/c1-15(32)30-10-12-31(13-11-30)19-8-6-18(7-9-19)28-23-26-14-20(21(25)33)22(29-23)27-17-4-2-16(24)3-5-17/h6-9,14,16-17H,2-5,10-13,24H2,1H3,(H2,25,33)(H2,26,27,28,29)/t16-,17+. The van der Waals surface area contributed by atoms with E-state index in [4.69, 9.17) is 11.5 Å². The first-order valence-electron chi connectivity index (χ1n) is 11.5. The maximum atomic E-state index is 11.9. The molecule has 1 aromatic carbocycles. The molecule has 1 aliphatic heterocycles. The monoisotopic (exact) mass is 452 g/mol. The molecule has 10 heteroatoms. The molecule has 1 saturated heterocycles. The fraction of sp³-hybridized carbons (Fsp3) is 0.478. The first-order chi connectivity index (χ1) is 15.9. The van der Waals surface area contributed by atoms with Crippen molar-refractivity contribution >= 4 is 35.0 Å². The second-order valence-electron chi connectivity index (χ2n) is 8.74. The van der Waals surface area contributed by atoms with Crippen molar-refractivity contribution in [3.05, 3.63) is 36.0 Å². The number of amides is 2. The van der Waals surface area contributed by atoms with Gasteiger partial charge in [0.15, 0.2) is 0 Å². The van der Waals surface area contributed by atoms with Crippen molar-refractivity contribution in [2.75, 3.05) is 41.7 Å². The van der Waals surface area contributed by atoms with Gasteiger partial charge >= 0.3 is 0 Å². The van der Waals surface area contributed by atoms with Crippen molar-refractivity contribution in [3.63, 3.8) is 0 Å². The van der Waals surface area contributed by atoms with E-state index in [0.717, 1.165) is 63.2 Å². The quantitative estimate of drug-likeness (QED) is 0.518. The molecule has 2 aliphatic rings. The van der Waals surface area contributed by atoms with Gasteiger partial charge in [-0.2, -0.15) is 4.98 Å². The van der Waals surface area contributed by atoms with Crippen LogP contribution in [0.5, 0.6) is 0 Å². The van der Waals surface area contributed by atoms with E-state index < -0.39 is 5.91 Å². The average Bonchev–Trinajstić information content (AvgIpc) is 2.81. The molecule has 176 valence electrons. The Bertz CT molecular complexity index is 980. The minimum atomic E-state index is -0.564. The Morgan fingerprint density at radius 2 is 1.70 bits per heavy atom. The van der Waals surface area contributed by atoms with Gasteiger partial charge in [0.1, 0.15) is 5.82 Å². The van der Waals surface area contributed by atoms with E-state index >= 15 is 0 Å². The molecule has 2 amide bonds. The fourth-order valence-corrected chi connectivity index (χ4v) is 4.35. The highest BCUT2D eigenvalue weighted by Gasteiger charge is 2.22. The summed E-state index contributed by atoms with van der Waals surface area (Å²) >= 11 is 0. The number of carbonyl (C=O) groups is 2. The third-order valence-corrected chi connectivity index (χ3v) is 6.38. The van der Waals surface area contributed by atoms with Crippen LogP contribution >= 0.6 is 0 Å². The highest BCUT2D eigenvalue weighted by Crippen LogP contribution is 2.25. The van der Waals surface area contributed by atoms with Gasteiger partial charge in [0, 0.05) is 62.8 Å². The average molecular weight is 453 g/mol. The molecule has 1 aliphatic carbocycles. The van der Waals surface area contributed by atoms with Crippen molar-refractivity contribution in [1.82, 2.24) is 14.9 Å². The lowest BCUT2D eigenvalue weighted by atomic mass is 9.92. The molecule has 33 heavy (non-hydrogen) atoms. The van der Waals surface area contributed by atoms with E-state index in [1.54, 1.807) is 6.92 Å². The van der Waals surface area contributed by atoms with E-state index in [0.29, 0.717) is 11.8 Å². The number of nitrogens with two attached hydrogens (primary N) is 2. The lowest BCUT2D eigenvalue weighted by Crippen LogP contribution is -2.48. The minimum Gasteiger partial charge on any atom is -0.368 e. The van der Waals surface area contributed by atoms with E-state index in [9.17, 15) is 9.59 Å². The van der Waals surface area contributed by atoms with Gasteiger partial charge in [-0.25, -0.2) is 4.98 Å². The van der Waals surface area contributed by atoms with Crippen LogP contribution in [0.2, 0.25) is 0 Å². The Morgan fingerprint density at radius 3 is 2.30 bits per heavy atom. The first kappa shape index (κ1) is 22.8. The highest BCUT2D eigenvalue weighted by molar-refractivity contribution is 5.97. The summed E-state index contributed by atoms with van der Waals surface area (Å²) in [6.07, 6.45) is 5.19.